The van der Waals surface area contributed by atoms with Crippen LogP contribution in [0.2, 0.25) is 0 Å². The Morgan fingerprint density at radius 1 is 1.29 bits per heavy atom. The highest BCUT2D eigenvalue weighted by atomic mass is 14.9. The largest absolute Gasteiger partial charge is 0.313 e. The van der Waals surface area contributed by atoms with Crippen LogP contribution in [0.3, 0.4) is 0 Å². The number of nitrogens with zero attached hydrogens (tertiary/aromatic N) is 1. The predicted octanol–water partition coefficient (Wildman–Crippen LogP) is 3.30. The van der Waals surface area contributed by atoms with Crippen molar-refractivity contribution in [3.63, 3.8) is 0 Å². The third-order valence-corrected chi connectivity index (χ3v) is 3.69. The molecule has 0 aliphatic heterocycles. The summed E-state index contributed by atoms with van der Waals surface area (Å²) in [6.45, 7) is 0. The summed E-state index contributed by atoms with van der Waals surface area (Å²) in [5, 5.41) is 6.01. The van der Waals surface area contributed by atoms with Crippen molar-refractivity contribution >= 4 is 10.8 Å². The van der Waals surface area contributed by atoms with Gasteiger partial charge in [-0.25, -0.2) is 0 Å². The van der Waals surface area contributed by atoms with Crippen LogP contribution in [0.4, 0.5) is 0 Å². The molecule has 0 spiro atoms. The van der Waals surface area contributed by atoms with E-state index < -0.39 is 0 Å². The molecule has 1 aromatic carbocycles. The smallest absolute Gasteiger partial charge is 0.0346 e. The highest BCUT2D eigenvalue weighted by Crippen LogP contribution is 2.38. The molecule has 1 atom stereocenters. The molecule has 0 amide bonds. The second-order valence-corrected chi connectivity index (χ2v) is 4.97. The SMILES string of the molecule is CNC(CC1CC1)c1cncc2ccccc12. The van der Waals surface area contributed by atoms with Crippen LogP contribution in [0.5, 0.6) is 0 Å². The molecule has 1 aromatic heterocycles. The first-order chi connectivity index (χ1) is 8.38. The minimum absolute atomic E-state index is 0.445. The Morgan fingerprint density at radius 3 is 2.88 bits per heavy atom. The van der Waals surface area contributed by atoms with Crippen LogP contribution in [0, 0.1) is 5.92 Å². The molecule has 0 bridgehead atoms. The zero-order chi connectivity index (χ0) is 11.7. The van der Waals surface area contributed by atoms with E-state index in [-0.39, 0.29) is 0 Å². The van der Waals surface area contributed by atoms with Gasteiger partial charge in [0.1, 0.15) is 0 Å². The molecule has 2 heteroatoms. The van der Waals surface area contributed by atoms with Crippen LogP contribution in [0.15, 0.2) is 36.7 Å². The number of hydrogen-bond donors (Lipinski definition) is 1. The van der Waals surface area contributed by atoms with Crippen molar-refractivity contribution in [3.8, 4) is 0 Å². The van der Waals surface area contributed by atoms with Crippen LogP contribution in [0.1, 0.15) is 30.9 Å². The summed E-state index contributed by atoms with van der Waals surface area (Å²) in [6, 6.07) is 8.96. The summed E-state index contributed by atoms with van der Waals surface area (Å²) in [5.74, 6) is 0.923. The van der Waals surface area contributed by atoms with Gasteiger partial charge in [0.25, 0.3) is 0 Å². The van der Waals surface area contributed by atoms with E-state index in [1.54, 1.807) is 0 Å². The van der Waals surface area contributed by atoms with Crippen molar-refractivity contribution in [1.82, 2.24) is 10.3 Å². The van der Waals surface area contributed by atoms with Gasteiger partial charge in [0.2, 0.25) is 0 Å². The fourth-order valence-corrected chi connectivity index (χ4v) is 2.50. The van der Waals surface area contributed by atoms with Crippen LogP contribution in [-0.4, -0.2) is 12.0 Å². The topological polar surface area (TPSA) is 24.9 Å². The van der Waals surface area contributed by atoms with Gasteiger partial charge in [-0.2, -0.15) is 0 Å². The molecule has 1 saturated carbocycles. The highest BCUT2D eigenvalue weighted by Gasteiger charge is 2.26. The lowest BCUT2D eigenvalue weighted by Gasteiger charge is -2.17. The number of fused-ring (bicyclic) bond motifs is 1. The fraction of sp³-hybridized carbons (Fsp3) is 0.400. The minimum atomic E-state index is 0.445. The molecule has 1 N–H and O–H groups in total. The van der Waals surface area contributed by atoms with Gasteiger partial charge in [0, 0.05) is 23.8 Å². The molecule has 3 rings (SSSR count). The summed E-state index contributed by atoms with van der Waals surface area (Å²) in [5.41, 5.74) is 1.34. The number of rotatable bonds is 4. The van der Waals surface area contributed by atoms with Crippen LogP contribution >= 0.6 is 0 Å². The van der Waals surface area contributed by atoms with E-state index in [9.17, 15) is 0 Å². The lowest BCUT2D eigenvalue weighted by atomic mass is 9.98. The maximum absolute atomic E-state index is 4.37. The van der Waals surface area contributed by atoms with Crippen molar-refractivity contribution in [2.75, 3.05) is 7.05 Å². The Morgan fingerprint density at radius 2 is 2.12 bits per heavy atom. The second-order valence-electron chi connectivity index (χ2n) is 4.97. The summed E-state index contributed by atoms with van der Waals surface area (Å²) in [6.07, 6.45) is 8.01. The van der Waals surface area contributed by atoms with Gasteiger partial charge in [0.05, 0.1) is 0 Å². The van der Waals surface area contributed by atoms with Gasteiger partial charge in [-0.05, 0) is 30.3 Å². The van der Waals surface area contributed by atoms with E-state index in [0.717, 1.165) is 5.92 Å². The van der Waals surface area contributed by atoms with Gasteiger partial charge in [-0.15, -0.1) is 0 Å². The minimum Gasteiger partial charge on any atom is -0.313 e. The van der Waals surface area contributed by atoms with E-state index in [4.69, 9.17) is 0 Å². The number of nitrogens with one attached hydrogen (secondary N) is 1. The number of aromatic nitrogens is 1. The molecule has 1 unspecified atom stereocenters. The van der Waals surface area contributed by atoms with E-state index >= 15 is 0 Å². The molecular formula is C15H18N2. The second kappa shape index (κ2) is 4.46. The fourth-order valence-electron chi connectivity index (χ4n) is 2.50. The molecule has 88 valence electrons. The van der Waals surface area contributed by atoms with Crippen molar-refractivity contribution < 1.29 is 0 Å². The van der Waals surface area contributed by atoms with Crippen molar-refractivity contribution in [2.45, 2.75) is 25.3 Å². The molecular weight excluding hydrogens is 208 g/mol. The Kier molecular flexibility index (Phi) is 2.81. The Labute approximate surface area is 102 Å². The van der Waals surface area contributed by atoms with Crippen LogP contribution in [-0.2, 0) is 0 Å². The monoisotopic (exact) mass is 226 g/mol. The standard InChI is InChI=1S/C15H18N2/c1-16-15(8-11-6-7-11)14-10-17-9-12-4-2-3-5-13(12)14/h2-5,9-11,15-16H,6-8H2,1H3. The first-order valence-corrected chi connectivity index (χ1v) is 6.38. The van der Waals surface area contributed by atoms with E-state index in [1.807, 2.05) is 12.4 Å². The van der Waals surface area contributed by atoms with E-state index in [2.05, 4.69) is 41.6 Å². The molecule has 1 aliphatic rings. The number of pyridine rings is 1. The Bertz CT molecular complexity index is 512. The first-order valence-electron chi connectivity index (χ1n) is 6.38. The normalized spacial score (nSPS) is 17.2. The highest BCUT2D eigenvalue weighted by molar-refractivity contribution is 5.85. The molecule has 2 nitrogen and oxygen atoms in total. The first kappa shape index (κ1) is 10.7. The number of benzene rings is 1. The van der Waals surface area contributed by atoms with Crippen LogP contribution in [0.25, 0.3) is 10.8 Å². The predicted molar refractivity (Wildman–Crippen MR) is 70.9 cm³/mol. The Hall–Kier alpha value is -1.41. The maximum atomic E-state index is 4.37. The van der Waals surface area contributed by atoms with Crippen molar-refractivity contribution in [3.05, 3.63) is 42.2 Å². The molecule has 0 saturated heterocycles. The lowest BCUT2D eigenvalue weighted by Crippen LogP contribution is -2.17. The third-order valence-electron chi connectivity index (χ3n) is 3.69. The molecule has 0 radical (unpaired) electrons. The summed E-state index contributed by atoms with van der Waals surface area (Å²) >= 11 is 0. The lowest BCUT2D eigenvalue weighted by molar-refractivity contribution is 0.516. The summed E-state index contributed by atoms with van der Waals surface area (Å²) in [7, 11) is 2.05. The van der Waals surface area contributed by atoms with Gasteiger partial charge < -0.3 is 5.32 Å². The maximum Gasteiger partial charge on any atom is 0.0346 e. The molecule has 17 heavy (non-hydrogen) atoms. The van der Waals surface area contributed by atoms with E-state index in [1.165, 1.54) is 35.6 Å². The average Bonchev–Trinajstić information content (AvgIpc) is 3.19. The summed E-state index contributed by atoms with van der Waals surface area (Å²) in [4.78, 5) is 4.37. The summed E-state index contributed by atoms with van der Waals surface area (Å²) < 4.78 is 0. The Balaban J connectivity index is 2.01. The van der Waals surface area contributed by atoms with Crippen LogP contribution < -0.4 is 5.32 Å². The van der Waals surface area contributed by atoms with E-state index in [0.29, 0.717) is 6.04 Å². The average molecular weight is 226 g/mol. The van der Waals surface area contributed by atoms with Gasteiger partial charge in [-0.3, -0.25) is 4.98 Å². The molecule has 1 aliphatic carbocycles. The zero-order valence-electron chi connectivity index (χ0n) is 10.2. The third kappa shape index (κ3) is 2.18. The number of hydrogen-bond acceptors (Lipinski definition) is 2. The van der Waals surface area contributed by atoms with Crippen molar-refractivity contribution in [1.29, 1.82) is 0 Å². The molecule has 1 fully saturated rings. The zero-order valence-corrected chi connectivity index (χ0v) is 10.2. The van der Waals surface area contributed by atoms with Gasteiger partial charge in [-0.1, -0.05) is 37.1 Å². The molecule has 2 aromatic rings. The van der Waals surface area contributed by atoms with Gasteiger partial charge >= 0.3 is 0 Å². The molecule has 1 heterocycles. The quantitative estimate of drug-likeness (QED) is 0.865. The van der Waals surface area contributed by atoms with Gasteiger partial charge in [0.15, 0.2) is 0 Å². The van der Waals surface area contributed by atoms with Crippen molar-refractivity contribution in [2.24, 2.45) is 5.92 Å².